The van der Waals surface area contributed by atoms with Crippen LogP contribution in [0.25, 0.3) is 0 Å². The molecule has 0 saturated carbocycles. The van der Waals surface area contributed by atoms with Gasteiger partial charge in [0.15, 0.2) is 5.82 Å². The Kier molecular flexibility index (Phi) is 3.87. The zero-order valence-electron chi connectivity index (χ0n) is 13.7. The van der Waals surface area contributed by atoms with Crippen molar-refractivity contribution in [3.05, 3.63) is 53.0 Å². The van der Waals surface area contributed by atoms with Gasteiger partial charge in [0.25, 0.3) is 0 Å². The van der Waals surface area contributed by atoms with Gasteiger partial charge in [0.2, 0.25) is 0 Å². The van der Waals surface area contributed by atoms with E-state index in [1.54, 1.807) is 7.11 Å². The standard InChI is InChI=1S/C18H23N3O/c1-12-9-16(21-17(19-12)11-22-4)20-15-10-18(2,3)14-8-6-5-7-13(14)15/h5-9,15H,10-11H2,1-4H3,(H,19,20,21). The minimum Gasteiger partial charge on any atom is -0.377 e. The molecule has 116 valence electrons. The fourth-order valence-corrected chi connectivity index (χ4v) is 3.35. The molecule has 1 atom stereocenters. The maximum Gasteiger partial charge on any atom is 0.156 e. The van der Waals surface area contributed by atoms with Crippen LogP contribution in [0.5, 0.6) is 0 Å². The van der Waals surface area contributed by atoms with Crippen LogP contribution >= 0.6 is 0 Å². The lowest BCUT2D eigenvalue weighted by Gasteiger charge is -2.20. The van der Waals surface area contributed by atoms with Crippen molar-refractivity contribution in [2.75, 3.05) is 12.4 Å². The molecule has 0 saturated heterocycles. The van der Waals surface area contributed by atoms with Gasteiger partial charge in [0, 0.05) is 18.9 Å². The predicted octanol–water partition coefficient (Wildman–Crippen LogP) is 3.77. The molecular formula is C18H23N3O. The van der Waals surface area contributed by atoms with Gasteiger partial charge in [-0.2, -0.15) is 0 Å². The third-order valence-corrected chi connectivity index (χ3v) is 4.28. The monoisotopic (exact) mass is 297 g/mol. The molecule has 1 heterocycles. The van der Waals surface area contributed by atoms with E-state index in [0.29, 0.717) is 6.61 Å². The highest BCUT2D eigenvalue weighted by Crippen LogP contribution is 2.45. The average Bonchev–Trinajstić information content (AvgIpc) is 2.70. The molecule has 4 heteroatoms. The molecule has 0 bridgehead atoms. The zero-order chi connectivity index (χ0) is 15.7. The minimum absolute atomic E-state index is 0.186. The van der Waals surface area contributed by atoms with Crippen molar-refractivity contribution < 1.29 is 4.74 Å². The third-order valence-electron chi connectivity index (χ3n) is 4.28. The highest BCUT2D eigenvalue weighted by atomic mass is 16.5. The second kappa shape index (κ2) is 5.69. The van der Waals surface area contributed by atoms with Crippen LogP contribution in [0.4, 0.5) is 5.82 Å². The quantitative estimate of drug-likeness (QED) is 0.933. The van der Waals surface area contributed by atoms with Gasteiger partial charge >= 0.3 is 0 Å². The summed E-state index contributed by atoms with van der Waals surface area (Å²) in [5.74, 6) is 1.59. The molecule has 0 spiro atoms. The highest BCUT2D eigenvalue weighted by Gasteiger charge is 2.36. The first kappa shape index (κ1) is 15.0. The molecule has 0 aliphatic heterocycles. The van der Waals surface area contributed by atoms with E-state index in [0.717, 1.165) is 23.8 Å². The first-order chi connectivity index (χ1) is 10.5. The predicted molar refractivity (Wildman–Crippen MR) is 87.9 cm³/mol. The fourth-order valence-electron chi connectivity index (χ4n) is 3.35. The van der Waals surface area contributed by atoms with Crippen LogP contribution in [0, 0.1) is 6.92 Å². The SMILES string of the molecule is COCc1nc(C)cc(NC2CC(C)(C)c3ccccc32)n1. The van der Waals surface area contributed by atoms with E-state index in [4.69, 9.17) is 4.74 Å². The lowest BCUT2D eigenvalue weighted by Crippen LogP contribution is -2.15. The van der Waals surface area contributed by atoms with Crippen LogP contribution in [0.2, 0.25) is 0 Å². The molecule has 0 fully saturated rings. The van der Waals surface area contributed by atoms with Gasteiger partial charge in [-0.25, -0.2) is 9.97 Å². The molecular weight excluding hydrogens is 274 g/mol. The fraction of sp³-hybridized carbons (Fsp3) is 0.444. The van der Waals surface area contributed by atoms with E-state index in [-0.39, 0.29) is 11.5 Å². The number of hydrogen-bond acceptors (Lipinski definition) is 4. The summed E-state index contributed by atoms with van der Waals surface area (Å²) in [5, 5.41) is 3.59. The summed E-state index contributed by atoms with van der Waals surface area (Å²) in [6, 6.07) is 11.0. The van der Waals surface area contributed by atoms with E-state index in [1.165, 1.54) is 11.1 Å². The van der Waals surface area contributed by atoms with Gasteiger partial charge in [-0.15, -0.1) is 0 Å². The van der Waals surface area contributed by atoms with Gasteiger partial charge in [0.05, 0.1) is 6.04 Å². The van der Waals surface area contributed by atoms with Gasteiger partial charge in [-0.3, -0.25) is 0 Å². The number of nitrogens with zero attached hydrogens (tertiary/aromatic N) is 2. The molecule has 1 aromatic carbocycles. The van der Waals surface area contributed by atoms with Gasteiger partial charge in [-0.05, 0) is 29.9 Å². The minimum atomic E-state index is 0.186. The summed E-state index contributed by atoms with van der Waals surface area (Å²) in [4.78, 5) is 8.96. The van der Waals surface area contributed by atoms with E-state index < -0.39 is 0 Å². The van der Waals surface area contributed by atoms with E-state index in [2.05, 4.69) is 53.4 Å². The van der Waals surface area contributed by atoms with Crippen molar-refractivity contribution in [3.8, 4) is 0 Å². The molecule has 22 heavy (non-hydrogen) atoms. The molecule has 1 N–H and O–H groups in total. The van der Waals surface area contributed by atoms with Crippen LogP contribution in [-0.4, -0.2) is 17.1 Å². The number of anilines is 1. The molecule has 3 rings (SSSR count). The van der Waals surface area contributed by atoms with E-state index >= 15 is 0 Å². The largest absolute Gasteiger partial charge is 0.377 e. The van der Waals surface area contributed by atoms with Crippen molar-refractivity contribution >= 4 is 5.82 Å². The van der Waals surface area contributed by atoms with Crippen molar-refractivity contribution in [2.45, 2.75) is 45.3 Å². The number of ether oxygens (including phenoxy) is 1. The normalized spacial score (nSPS) is 19.0. The summed E-state index contributed by atoms with van der Waals surface area (Å²) in [7, 11) is 1.66. The smallest absolute Gasteiger partial charge is 0.156 e. The summed E-state index contributed by atoms with van der Waals surface area (Å²) in [5.41, 5.74) is 3.94. The number of nitrogens with one attached hydrogen (secondary N) is 1. The molecule has 1 aliphatic rings. The average molecular weight is 297 g/mol. The highest BCUT2D eigenvalue weighted by molar-refractivity contribution is 5.47. The molecule has 0 radical (unpaired) electrons. The number of rotatable bonds is 4. The zero-order valence-corrected chi connectivity index (χ0v) is 13.7. The second-order valence-corrected chi connectivity index (χ2v) is 6.62. The summed E-state index contributed by atoms with van der Waals surface area (Å²) >= 11 is 0. The molecule has 4 nitrogen and oxygen atoms in total. The summed E-state index contributed by atoms with van der Waals surface area (Å²) < 4.78 is 5.14. The molecule has 1 aliphatic carbocycles. The van der Waals surface area contributed by atoms with Gasteiger partial charge in [-0.1, -0.05) is 38.1 Å². The Morgan fingerprint density at radius 2 is 2.05 bits per heavy atom. The third kappa shape index (κ3) is 2.83. The second-order valence-electron chi connectivity index (χ2n) is 6.62. The van der Waals surface area contributed by atoms with Gasteiger partial charge in [0.1, 0.15) is 12.4 Å². The van der Waals surface area contributed by atoms with Crippen LogP contribution in [0.1, 0.15) is 49.0 Å². The molecule has 1 unspecified atom stereocenters. The van der Waals surface area contributed by atoms with Crippen molar-refractivity contribution in [1.29, 1.82) is 0 Å². The Morgan fingerprint density at radius 1 is 1.27 bits per heavy atom. The summed E-state index contributed by atoms with van der Waals surface area (Å²) in [6.07, 6.45) is 1.06. The molecule has 0 amide bonds. The molecule has 1 aromatic heterocycles. The first-order valence-electron chi connectivity index (χ1n) is 7.69. The Morgan fingerprint density at radius 3 is 2.82 bits per heavy atom. The topological polar surface area (TPSA) is 47.0 Å². The van der Waals surface area contributed by atoms with Crippen LogP contribution < -0.4 is 5.32 Å². The number of methoxy groups -OCH3 is 1. The maximum atomic E-state index is 5.14. The van der Waals surface area contributed by atoms with Crippen LogP contribution in [0.15, 0.2) is 30.3 Å². The lowest BCUT2D eigenvalue weighted by atomic mass is 9.86. The van der Waals surface area contributed by atoms with Crippen molar-refractivity contribution in [1.82, 2.24) is 9.97 Å². The number of aryl methyl sites for hydroxylation is 1. The summed E-state index contributed by atoms with van der Waals surface area (Å²) in [6.45, 7) is 7.02. The van der Waals surface area contributed by atoms with E-state index in [1.807, 2.05) is 13.0 Å². The maximum absolute atomic E-state index is 5.14. The van der Waals surface area contributed by atoms with Crippen molar-refractivity contribution in [3.63, 3.8) is 0 Å². The molecule has 2 aromatic rings. The Hall–Kier alpha value is -1.94. The number of aromatic nitrogens is 2. The van der Waals surface area contributed by atoms with E-state index in [9.17, 15) is 0 Å². The Labute approximate surface area is 132 Å². The number of hydrogen-bond donors (Lipinski definition) is 1. The Bertz CT molecular complexity index is 682. The van der Waals surface area contributed by atoms with Crippen LogP contribution in [0.3, 0.4) is 0 Å². The van der Waals surface area contributed by atoms with Crippen LogP contribution in [-0.2, 0) is 16.8 Å². The lowest BCUT2D eigenvalue weighted by molar-refractivity contribution is 0.177. The number of fused-ring (bicyclic) bond motifs is 1. The Balaban J connectivity index is 1.89. The van der Waals surface area contributed by atoms with Crippen molar-refractivity contribution in [2.24, 2.45) is 0 Å². The first-order valence-corrected chi connectivity index (χ1v) is 7.69. The van der Waals surface area contributed by atoms with Gasteiger partial charge < -0.3 is 10.1 Å². The number of benzene rings is 1.